The number of hydroxylamine groups is 1. The van der Waals surface area contributed by atoms with Crippen LogP contribution in [0.25, 0.3) is 0 Å². The highest BCUT2D eigenvalue weighted by Gasteiger charge is 2.29. The number of anilines is 5. The molecule has 0 aliphatic carbocycles. The summed E-state index contributed by atoms with van der Waals surface area (Å²) in [5, 5.41) is 8.24. The van der Waals surface area contributed by atoms with Crippen molar-refractivity contribution in [3.05, 3.63) is 103 Å². The van der Waals surface area contributed by atoms with Crippen LogP contribution in [-0.2, 0) is 9.63 Å². The van der Waals surface area contributed by atoms with Crippen molar-refractivity contribution in [1.29, 1.82) is 0 Å². The third-order valence-corrected chi connectivity index (χ3v) is 7.44. The minimum absolute atomic E-state index is 0.00758. The van der Waals surface area contributed by atoms with Crippen molar-refractivity contribution in [1.82, 2.24) is 9.88 Å². The van der Waals surface area contributed by atoms with Crippen LogP contribution in [0.15, 0.2) is 97.7 Å². The van der Waals surface area contributed by atoms with E-state index in [0.29, 0.717) is 29.5 Å². The van der Waals surface area contributed by atoms with Gasteiger partial charge in [0.15, 0.2) is 0 Å². The molecule has 1 fully saturated rings. The third kappa shape index (κ3) is 7.91. The summed E-state index contributed by atoms with van der Waals surface area (Å²) in [6.07, 6.45) is 3.81. The molecule has 2 heterocycles. The number of hydrogen-bond donors (Lipinski definition) is 2. The predicted octanol–water partition coefficient (Wildman–Crippen LogP) is 6.63. The molecule has 1 aliphatic heterocycles. The Labute approximate surface area is 264 Å². The monoisotopic (exact) mass is 608 g/mol. The normalized spacial score (nSPS) is 14.2. The van der Waals surface area contributed by atoms with E-state index >= 15 is 0 Å². The summed E-state index contributed by atoms with van der Waals surface area (Å²) in [4.78, 5) is 27.2. The number of pyridine rings is 1. The number of nitrogens with zero attached hydrogens (tertiary/aromatic N) is 4. The molecule has 0 unspecified atom stereocenters. The number of ether oxygens (including phenoxy) is 2. The van der Waals surface area contributed by atoms with Gasteiger partial charge in [-0.1, -0.05) is 36.9 Å². The van der Waals surface area contributed by atoms with E-state index < -0.39 is 0 Å². The van der Waals surface area contributed by atoms with Crippen LogP contribution in [0.4, 0.5) is 28.6 Å². The van der Waals surface area contributed by atoms with Crippen molar-refractivity contribution in [2.45, 2.75) is 12.5 Å². The first-order valence-electron chi connectivity index (χ1n) is 14.8. The topological polar surface area (TPSA) is 91.4 Å². The van der Waals surface area contributed by atoms with Gasteiger partial charge in [0.2, 0.25) is 5.91 Å². The largest absolute Gasteiger partial charge is 0.494 e. The van der Waals surface area contributed by atoms with Gasteiger partial charge in [0.25, 0.3) is 0 Å². The predicted molar refractivity (Wildman–Crippen MR) is 180 cm³/mol. The van der Waals surface area contributed by atoms with Crippen molar-refractivity contribution in [3.63, 3.8) is 0 Å². The first kappa shape index (κ1) is 31.4. The van der Waals surface area contributed by atoms with E-state index in [-0.39, 0.29) is 11.9 Å². The highest BCUT2D eigenvalue weighted by Crippen LogP contribution is 2.40. The Morgan fingerprint density at radius 3 is 2.58 bits per heavy atom. The lowest BCUT2D eigenvalue weighted by Gasteiger charge is -2.26. The third-order valence-electron chi connectivity index (χ3n) is 7.44. The Hall–Kier alpha value is -5.06. The molecule has 1 aromatic heterocycles. The highest BCUT2D eigenvalue weighted by atomic mass is 16.7. The quantitative estimate of drug-likeness (QED) is 0.162. The fourth-order valence-corrected chi connectivity index (χ4v) is 5.10. The maximum absolute atomic E-state index is 12.4. The molecule has 0 radical (unpaired) electrons. The highest BCUT2D eigenvalue weighted by molar-refractivity contribution is 6.02. The van der Waals surface area contributed by atoms with Crippen LogP contribution in [0.5, 0.6) is 17.2 Å². The van der Waals surface area contributed by atoms with Gasteiger partial charge in [-0.05, 0) is 62.1 Å². The number of carbonyl (C=O) groups is 1. The van der Waals surface area contributed by atoms with Crippen LogP contribution in [0.1, 0.15) is 18.0 Å². The van der Waals surface area contributed by atoms with Crippen LogP contribution in [-0.4, -0.2) is 63.7 Å². The number of para-hydroxylation sites is 1. The van der Waals surface area contributed by atoms with Gasteiger partial charge in [0, 0.05) is 44.9 Å². The van der Waals surface area contributed by atoms with Gasteiger partial charge >= 0.3 is 0 Å². The molecule has 45 heavy (non-hydrogen) atoms. The van der Waals surface area contributed by atoms with Crippen LogP contribution in [0, 0.1) is 0 Å². The fraction of sp³-hybridized carbons (Fsp3) is 0.257. The van der Waals surface area contributed by atoms with E-state index in [1.54, 1.807) is 13.3 Å². The number of benzene rings is 3. The lowest BCUT2D eigenvalue weighted by atomic mass is 10.0. The second-order valence-electron chi connectivity index (χ2n) is 11.0. The summed E-state index contributed by atoms with van der Waals surface area (Å²) in [6.45, 7) is 5.79. The van der Waals surface area contributed by atoms with Crippen LogP contribution < -0.4 is 30.1 Å². The number of aromatic nitrogens is 1. The van der Waals surface area contributed by atoms with E-state index in [2.05, 4.69) is 44.1 Å². The van der Waals surface area contributed by atoms with Crippen molar-refractivity contribution in [2.24, 2.45) is 0 Å². The zero-order valence-electron chi connectivity index (χ0n) is 26.2. The van der Waals surface area contributed by atoms with Gasteiger partial charge in [0.1, 0.15) is 23.1 Å². The molecule has 1 amide bonds. The summed E-state index contributed by atoms with van der Waals surface area (Å²) < 4.78 is 11.9. The summed E-state index contributed by atoms with van der Waals surface area (Å²) >= 11 is 0. The number of likely N-dealkylation sites (N-methyl/N-ethyl adjacent to an activating group) is 2. The molecule has 10 nitrogen and oxygen atoms in total. The standard InChI is InChI=1S/C35H40N6O4/c1-6-35(42)38-29-23-30(33(43-5)24-32(29)40(4)19-18-39(2)3)37-34-22-26(15-17-36-34)41-31(16-20-44-41)25-11-10-14-28(21-25)45-27-12-8-7-9-13-27/h6-15,17,21-24,31H,1,16,18-20H2,2-5H3,(H,36,37)(H,38,42)/t31-/m1/s1. The maximum atomic E-state index is 12.4. The van der Waals surface area contributed by atoms with E-state index in [1.165, 1.54) is 6.08 Å². The molecule has 0 spiro atoms. The van der Waals surface area contributed by atoms with E-state index in [4.69, 9.17) is 14.3 Å². The molecular weight excluding hydrogens is 568 g/mol. The molecule has 0 saturated carbocycles. The number of amides is 1. The van der Waals surface area contributed by atoms with Crippen molar-refractivity contribution in [2.75, 3.05) is 68.5 Å². The van der Waals surface area contributed by atoms with Crippen LogP contribution in [0.3, 0.4) is 0 Å². The fourth-order valence-electron chi connectivity index (χ4n) is 5.10. The van der Waals surface area contributed by atoms with Crippen molar-refractivity contribution >= 4 is 34.5 Å². The van der Waals surface area contributed by atoms with Gasteiger partial charge in [0.05, 0.1) is 42.5 Å². The van der Waals surface area contributed by atoms with E-state index in [1.807, 2.05) is 92.9 Å². The van der Waals surface area contributed by atoms with Crippen molar-refractivity contribution in [3.8, 4) is 17.2 Å². The molecule has 5 rings (SSSR count). The van der Waals surface area contributed by atoms with E-state index in [0.717, 1.165) is 47.9 Å². The average molecular weight is 609 g/mol. The summed E-state index contributed by atoms with van der Waals surface area (Å²) in [5.74, 6) is 2.45. The first-order valence-corrected chi connectivity index (χ1v) is 14.8. The minimum atomic E-state index is -0.302. The Bertz CT molecular complexity index is 1610. The molecule has 1 atom stereocenters. The number of carbonyl (C=O) groups excluding carboxylic acids is 1. The summed E-state index contributed by atoms with van der Waals surface area (Å²) in [6, 6.07) is 25.4. The maximum Gasteiger partial charge on any atom is 0.247 e. The number of rotatable bonds is 13. The van der Waals surface area contributed by atoms with Gasteiger partial charge in [-0.15, -0.1) is 0 Å². The number of nitrogens with one attached hydrogen (secondary N) is 2. The molecular formula is C35H40N6O4. The lowest BCUT2D eigenvalue weighted by molar-refractivity contribution is -0.111. The molecule has 0 bridgehead atoms. The van der Waals surface area contributed by atoms with E-state index in [9.17, 15) is 4.79 Å². The van der Waals surface area contributed by atoms with Gasteiger partial charge in [-0.3, -0.25) is 9.63 Å². The molecule has 234 valence electrons. The summed E-state index contributed by atoms with van der Waals surface area (Å²) in [5.41, 5.74) is 4.04. The smallest absolute Gasteiger partial charge is 0.247 e. The minimum Gasteiger partial charge on any atom is -0.494 e. The van der Waals surface area contributed by atoms with Crippen LogP contribution in [0.2, 0.25) is 0 Å². The lowest BCUT2D eigenvalue weighted by Crippen LogP contribution is -2.29. The second kappa shape index (κ2) is 14.6. The molecule has 1 aliphatic rings. The van der Waals surface area contributed by atoms with Gasteiger partial charge in [-0.25, -0.2) is 10.0 Å². The molecule has 2 N–H and O–H groups in total. The zero-order valence-corrected chi connectivity index (χ0v) is 26.2. The Kier molecular flexibility index (Phi) is 10.2. The zero-order chi connectivity index (χ0) is 31.8. The van der Waals surface area contributed by atoms with Gasteiger partial charge < -0.3 is 29.9 Å². The Morgan fingerprint density at radius 2 is 1.82 bits per heavy atom. The SMILES string of the molecule is C=CC(=O)Nc1cc(Nc2cc(N3OCC[C@@H]3c3cccc(Oc4ccccc4)c3)ccn2)c(OC)cc1N(C)CCN(C)C. The van der Waals surface area contributed by atoms with Crippen LogP contribution >= 0.6 is 0 Å². The second-order valence-corrected chi connectivity index (χ2v) is 11.0. The first-order chi connectivity index (χ1) is 21.8. The number of methoxy groups -OCH3 is 1. The average Bonchev–Trinajstić information content (AvgIpc) is 3.55. The molecule has 3 aromatic carbocycles. The molecule has 1 saturated heterocycles. The Morgan fingerprint density at radius 1 is 1.02 bits per heavy atom. The number of hydrogen-bond acceptors (Lipinski definition) is 9. The van der Waals surface area contributed by atoms with Gasteiger partial charge in [-0.2, -0.15) is 0 Å². The molecule has 4 aromatic rings. The van der Waals surface area contributed by atoms with Crippen molar-refractivity contribution < 1.29 is 19.1 Å². The summed E-state index contributed by atoms with van der Waals surface area (Å²) in [7, 11) is 7.65. The molecule has 10 heteroatoms. The Balaban J connectivity index is 1.39.